The fourth-order valence-electron chi connectivity index (χ4n) is 0.665. The van der Waals surface area contributed by atoms with Crippen LogP contribution in [0.1, 0.15) is 5.56 Å². The van der Waals surface area contributed by atoms with Gasteiger partial charge in [0.15, 0.2) is 0 Å². The van der Waals surface area contributed by atoms with Gasteiger partial charge in [-0.05, 0) is 5.56 Å². The Morgan fingerprint density at radius 1 is 1.21 bits per heavy atom. The van der Waals surface area contributed by atoms with Crippen molar-refractivity contribution in [1.82, 2.24) is 0 Å². The molecule has 7 heteroatoms. The van der Waals surface area contributed by atoms with Crippen LogP contribution in [0.15, 0.2) is 12.1 Å². The Labute approximate surface area is 90.8 Å². The van der Waals surface area contributed by atoms with Gasteiger partial charge >= 0.3 is 33.2 Å². The second-order valence-electron chi connectivity index (χ2n) is 2.04. The summed E-state index contributed by atoms with van der Waals surface area (Å²) in [4.78, 5) is 0. The van der Waals surface area contributed by atoms with Crippen molar-refractivity contribution >= 4 is 9.69 Å². The van der Waals surface area contributed by atoms with Crippen LogP contribution in [0.3, 0.4) is 0 Å². The van der Waals surface area contributed by atoms with E-state index < -0.39 is 23.4 Å². The van der Waals surface area contributed by atoms with Gasteiger partial charge in [0, 0.05) is 11.6 Å². The molecule has 0 fully saturated rings. The maximum atomic E-state index is 12.3. The number of alkyl halides is 3. The van der Waals surface area contributed by atoms with E-state index in [0.29, 0.717) is 6.07 Å². The first kappa shape index (κ1) is 13.8. The number of hydrogen-bond donors (Lipinski definition) is 0. The van der Waals surface area contributed by atoms with Crippen LogP contribution in [-0.2, 0) is 23.5 Å². The second kappa shape index (κ2) is 5.61. The molecule has 0 amide bonds. The van der Waals surface area contributed by atoms with E-state index in [9.17, 15) is 22.0 Å². The molecular weight excluding hydrogens is 280 g/mol. The zero-order chi connectivity index (χ0) is 11.4. The number of hydrogen-bond acceptors (Lipinski definition) is 0. The first-order valence-corrected chi connectivity index (χ1v) is 7.02. The topological polar surface area (TPSA) is 0 Å². The molecule has 14 heavy (non-hydrogen) atoms. The van der Waals surface area contributed by atoms with E-state index in [1.165, 1.54) is 0 Å². The molecule has 0 atom stereocenters. The SMILES string of the molecule is Fc1[c-]cc(F)c(C(F)(F)F)c1.[Cl][Zn+]. The zero-order valence-corrected chi connectivity index (χ0v) is 10.4. The Hall–Kier alpha value is -0.217. The fraction of sp³-hybridized carbons (Fsp3) is 0.143. The number of rotatable bonds is 0. The molecule has 0 radical (unpaired) electrons. The van der Waals surface area contributed by atoms with Crippen LogP contribution in [0.2, 0.25) is 0 Å². The van der Waals surface area contributed by atoms with Crippen molar-refractivity contribution in [2.24, 2.45) is 0 Å². The standard InChI is InChI=1S/C7H2F5.ClH.Zn/c8-4-1-2-6(9)5(3-4)7(10,11)12;;/h2-3H;1H;/q-1;;+2/p-1. The Morgan fingerprint density at radius 3 is 2.07 bits per heavy atom. The summed E-state index contributed by atoms with van der Waals surface area (Å²) >= 11 is 0.847. The van der Waals surface area contributed by atoms with Gasteiger partial charge in [-0.25, -0.2) is 4.39 Å². The monoisotopic (exact) mass is 280 g/mol. The molecule has 0 nitrogen and oxygen atoms in total. The van der Waals surface area contributed by atoms with Gasteiger partial charge in [-0.3, -0.25) is 4.39 Å². The fourth-order valence-corrected chi connectivity index (χ4v) is 0.665. The Bertz CT molecular complexity index is 299. The van der Waals surface area contributed by atoms with Crippen molar-refractivity contribution in [2.75, 3.05) is 0 Å². The Morgan fingerprint density at radius 2 is 1.71 bits per heavy atom. The third-order valence-corrected chi connectivity index (χ3v) is 1.17. The molecule has 0 spiro atoms. The van der Waals surface area contributed by atoms with Gasteiger partial charge in [0.1, 0.15) is 0 Å². The molecular formula is C7H2ClF5Zn. The molecule has 0 saturated heterocycles. The summed E-state index contributed by atoms with van der Waals surface area (Å²) in [5.74, 6) is -2.76. The van der Waals surface area contributed by atoms with Crippen molar-refractivity contribution in [3.05, 3.63) is 35.4 Å². The van der Waals surface area contributed by atoms with Gasteiger partial charge in [-0.15, -0.1) is 18.2 Å². The predicted molar refractivity (Wildman–Crippen MR) is 36.0 cm³/mol. The first-order chi connectivity index (χ1) is 6.41. The van der Waals surface area contributed by atoms with E-state index >= 15 is 0 Å². The summed E-state index contributed by atoms with van der Waals surface area (Å²) in [6.45, 7) is 0. The molecule has 0 saturated carbocycles. The van der Waals surface area contributed by atoms with Crippen LogP contribution in [0.25, 0.3) is 0 Å². The normalized spacial score (nSPS) is 10.6. The van der Waals surface area contributed by atoms with E-state index in [2.05, 4.69) is 0 Å². The van der Waals surface area contributed by atoms with Gasteiger partial charge in [0.25, 0.3) is 0 Å². The molecule has 0 aliphatic heterocycles. The van der Waals surface area contributed by atoms with Crippen LogP contribution in [-0.4, -0.2) is 0 Å². The van der Waals surface area contributed by atoms with Crippen LogP contribution >= 0.6 is 9.69 Å². The van der Waals surface area contributed by atoms with Crippen LogP contribution in [0.4, 0.5) is 22.0 Å². The second-order valence-corrected chi connectivity index (χ2v) is 2.04. The van der Waals surface area contributed by atoms with Crippen molar-refractivity contribution in [3.8, 4) is 0 Å². The molecule has 0 aliphatic carbocycles. The van der Waals surface area contributed by atoms with Crippen molar-refractivity contribution in [2.45, 2.75) is 6.18 Å². The van der Waals surface area contributed by atoms with Crippen LogP contribution in [0, 0.1) is 17.7 Å². The summed E-state index contributed by atoms with van der Waals surface area (Å²) in [6.07, 6.45) is -4.86. The third-order valence-electron chi connectivity index (χ3n) is 1.17. The molecule has 1 aromatic carbocycles. The Kier molecular flexibility index (Phi) is 5.53. The molecule has 0 N–H and O–H groups in total. The van der Waals surface area contributed by atoms with E-state index in [1.807, 2.05) is 0 Å². The first-order valence-electron chi connectivity index (χ1n) is 3.12. The predicted octanol–water partition coefficient (Wildman–Crippen LogP) is 3.47. The average molecular weight is 282 g/mol. The molecule has 1 aromatic rings. The molecule has 0 heterocycles. The number of halogens is 6. The minimum absolute atomic E-state index is 0.0648. The summed E-state index contributed by atoms with van der Waals surface area (Å²) in [6, 6.07) is 2.05. The average Bonchev–Trinajstić information content (AvgIpc) is 2.11. The maximum absolute atomic E-state index is 12.3. The Balaban J connectivity index is 0.000000791. The summed E-state index contributed by atoms with van der Waals surface area (Å²) in [5.41, 5.74) is -1.61. The molecule has 0 aliphatic rings. The summed E-state index contributed by atoms with van der Waals surface area (Å²) < 4.78 is 59.9. The van der Waals surface area contributed by atoms with E-state index in [4.69, 9.17) is 9.69 Å². The van der Waals surface area contributed by atoms with Crippen LogP contribution in [0.5, 0.6) is 0 Å². The van der Waals surface area contributed by atoms with E-state index in [-0.39, 0.29) is 6.07 Å². The van der Waals surface area contributed by atoms with Gasteiger partial charge in [0.05, 0.1) is 0 Å². The molecule has 0 bridgehead atoms. The van der Waals surface area contributed by atoms with Gasteiger partial charge in [-0.2, -0.15) is 13.2 Å². The zero-order valence-electron chi connectivity index (χ0n) is 6.63. The molecule has 0 aromatic heterocycles. The van der Waals surface area contributed by atoms with E-state index in [0.717, 1.165) is 17.3 Å². The summed E-state index contributed by atoms with van der Waals surface area (Å²) in [5, 5.41) is 0. The van der Waals surface area contributed by atoms with Crippen molar-refractivity contribution in [3.63, 3.8) is 0 Å². The van der Waals surface area contributed by atoms with Crippen LogP contribution < -0.4 is 0 Å². The van der Waals surface area contributed by atoms with Crippen molar-refractivity contribution < 1.29 is 39.3 Å². The third kappa shape index (κ3) is 3.88. The number of benzene rings is 1. The quantitative estimate of drug-likeness (QED) is 0.388. The van der Waals surface area contributed by atoms with Gasteiger partial charge in [-0.1, -0.05) is 0 Å². The minimum atomic E-state index is -4.86. The van der Waals surface area contributed by atoms with Gasteiger partial charge < -0.3 is 0 Å². The van der Waals surface area contributed by atoms with Gasteiger partial charge in [0.2, 0.25) is 0 Å². The summed E-state index contributed by atoms with van der Waals surface area (Å²) in [7, 11) is 4.76. The molecule has 74 valence electrons. The van der Waals surface area contributed by atoms with E-state index in [1.54, 1.807) is 6.07 Å². The molecule has 0 unspecified atom stereocenters. The van der Waals surface area contributed by atoms with Crippen molar-refractivity contribution in [1.29, 1.82) is 0 Å². The molecule has 1 rings (SSSR count).